The summed E-state index contributed by atoms with van der Waals surface area (Å²) in [5, 5.41) is 8.74. The maximum absolute atomic E-state index is 13.1. The predicted octanol–water partition coefficient (Wildman–Crippen LogP) is 4.89. The molecule has 182 valence electrons. The van der Waals surface area contributed by atoms with Crippen LogP contribution >= 0.6 is 0 Å². The minimum absolute atomic E-state index is 0.214. The van der Waals surface area contributed by atoms with Gasteiger partial charge in [-0.1, -0.05) is 0 Å². The number of hydrazone groups is 1. The van der Waals surface area contributed by atoms with E-state index in [4.69, 9.17) is 18.3 Å². The van der Waals surface area contributed by atoms with Gasteiger partial charge in [0.05, 0.1) is 25.3 Å². The highest BCUT2D eigenvalue weighted by Gasteiger charge is 2.35. The molecule has 4 aromatic rings. The fourth-order valence-electron chi connectivity index (χ4n) is 3.85. The van der Waals surface area contributed by atoms with Crippen molar-refractivity contribution in [2.45, 2.75) is 12.5 Å². The van der Waals surface area contributed by atoms with Crippen molar-refractivity contribution in [3.05, 3.63) is 102 Å². The number of methoxy groups -OCH3 is 1. The quantitative estimate of drug-likeness (QED) is 0.381. The number of amides is 2. The standard InChI is InChI=1S/C27H23N3O6/c1-33-20-10-6-18(7-11-20)22-16-23(24-4-2-14-34-24)30(29-22)26(31)17-36-21-12-8-19(9-13-21)28-27(32)25-5-3-15-35-25/h2-15,23H,16-17H2,1H3,(H,28,32). The van der Waals surface area contributed by atoms with Crippen LogP contribution in [-0.4, -0.2) is 36.3 Å². The first-order valence-corrected chi connectivity index (χ1v) is 11.3. The zero-order valence-corrected chi connectivity index (χ0v) is 19.4. The number of nitrogens with one attached hydrogen (secondary N) is 1. The second-order valence-electron chi connectivity index (χ2n) is 7.99. The van der Waals surface area contributed by atoms with E-state index in [2.05, 4.69) is 10.4 Å². The van der Waals surface area contributed by atoms with Gasteiger partial charge in [0.1, 0.15) is 23.3 Å². The van der Waals surface area contributed by atoms with Crippen LogP contribution in [0.15, 0.2) is 99.3 Å². The van der Waals surface area contributed by atoms with Gasteiger partial charge in [-0.2, -0.15) is 5.10 Å². The summed E-state index contributed by atoms with van der Waals surface area (Å²) >= 11 is 0. The van der Waals surface area contributed by atoms with Crippen molar-refractivity contribution >= 4 is 23.2 Å². The molecule has 2 aromatic carbocycles. The largest absolute Gasteiger partial charge is 0.497 e. The summed E-state index contributed by atoms with van der Waals surface area (Å²) in [6.07, 6.45) is 3.52. The average molecular weight is 485 g/mol. The molecule has 0 fully saturated rings. The van der Waals surface area contributed by atoms with Gasteiger partial charge in [-0.05, 0) is 78.4 Å². The van der Waals surface area contributed by atoms with Gasteiger partial charge >= 0.3 is 0 Å². The summed E-state index contributed by atoms with van der Waals surface area (Å²) in [6, 6.07) is 20.7. The summed E-state index contributed by atoms with van der Waals surface area (Å²) in [7, 11) is 1.61. The maximum Gasteiger partial charge on any atom is 0.291 e. The Balaban J connectivity index is 1.25. The summed E-state index contributed by atoms with van der Waals surface area (Å²) < 4.78 is 21.6. The minimum Gasteiger partial charge on any atom is -0.497 e. The lowest BCUT2D eigenvalue weighted by molar-refractivity contribution is -0.135. The molecule has 0 saturated carbocycles. The van der Waals surface area contributed by atoms with Crippen LogP contribution in [0.1, 0.15) is 34.3 Å². The maximum atomic E-state index is 13.1. The number of anilines is 1. The van der Waals surface area contributed by atoms with E-state index in [1.165, 1.54) is 11.3 Å². The Kier molecular flexibility index (Phi) is 6.53. The third kappa shape index (κ3) is 5.00. The molecule has 0 spiro atoms. The highest BCUT2D eigenvalue weighted by atomic mass is 16.5. The molecule has 9 nitrogen and oxygen atoms in total. The van der Waals surface area contributed by atoms with Gasteiger partial charge in [-0.15, -0.1) is 0 Å². The predicted molar refractivity (Wildman–Crippen MR) is 131 cm³/mol. The van der Waals surface area contributed by atoms with Gasteiger partial charge in [-0.3, -0.25) is 9.59 Å². The molecule has 1 aliphatic rings. The molecule has 0 saturated heterocycles. The molecule has 1 atom stereocenters. The zero-order chi connectivity index (χ0) is 24.9. The Labute approximate surface area is 206 Å². The Hall–Kier alpha value is -4.79. The molecule has 1 unspecified atom stereocenters. The van der Waals surface area contributed by atoms with E-state index in [-0.39, 0.29) is 30.2 Å². The zero-order valence-electron chi connectivity index (χ0n) is 19.4. The third-order valence-corrected chi connectivity index (χ3v) is 5.68. The average Bonchev–Trinajstić information content (AvgIpc) is 3.69. The van der Waals surface area contributed by atoms with Gasteiger partial charge in [0.15, 0.2) is 12.4 Å². The topological polar surface area (TPSA) is 107 Å². The monoisotopic (exact) mass is 485 g/mol. The van der Waals surface area contributed by atoms with Crippen LogP contribution in [0.5, 0.6) is 11.5 Å². The molecular weight excluding hydrogens is 462 g/mol. The molecule has 2 aromatic heterocycles. The van der Waals surface area contributed by atoms with Gasteiger partial charge in [0.2, 0.25) is 0 Å². The molecule has 3 heterocycles. The van der Waals surface area contributed by atoms with Crippen molar-refractivity contribution < 1.29 is 27.9 Å². The molecule has 0 radical (unpaired) electrons. The minimum atomic E-state index is -0.368. The Morgan fingerprint density at radius 2 is 1.69 bits per heavy atom. The highest BCUT2D eigenvalue weighted by molar-refractivity contribution is 6.03. The number of ether oxygens (including phenoxy) is 2. The highest BCUT2D eigenvalue weighted by Crippen LogP contribution is 2.33. The molecule has 5 rings (SSSR count). The van der Waals surface area contributed by atoms with E-state index in [9.17, 15) is 9.59 Å². The lowest BCUT2D eigenvalue weighted by Crippen LogP contribution is -2.31. The molecule has 1 aliphatic heterocycles. The van der Waals surface area contributed by atoms with Gasteiger partial charge in [0.25, 0.3) is 11.8 Å². The van der Waals surface area contributed by atoms with E-state index in [1.54, 1.807) is 55.8 Å². The Morgan fingerprint density at radius 1 is 0.972 bits per heavy atom. The second-order valence-corrected chi connectivity index (χ2v) is 7.99. The first kappa shape index (κ1) is 23.0. The van der Waals surface area contributed by atoms with Gasteiger partial charge in [0, 0.05) is 12.1 Å². The molecule has 1 N–H and O–H groups in total. The first-order valence-electron chi connectivity index (χ1n) is 11.3. The lowest BCUT2D eigenvalue weighted by Gasteiger charge is -2.20. The molecule has 36 heavy (non-hydrogen) atoms. The number of rotatable bonds is 8. The molecule has 0 bridgehead atoms. The summed E-state index contributed by atoms with van der Waals surface area (Å²) in [6.45, 7) is -0.214. The van der Waals surface area contributed by atoms with Gasteiger partial charge < -0.3 is 23.6 Å². The number of hydrogen-bond donors (Lipinski definition) is 1. The lowest BCUT2D eigenvalue weighted by atomic mass is 10.0. The van der Waals surface area contributed by atoms with Crippen LogP contribution < -0.4 is 14.8 Å². The number of carbonyl (C=O) groups excluding carboxylic acids is 2. The molecule has 0 aliphatic carbocycles. The summed E-state index contributed by atoms with van der Waals surface area (Å²) in [5.74, 6) is 1.42. The Bertz CT molecular complexity index is 1340. The van der Waals surface area contributed by atoms with Gasteiger partial charge in [-0.25, -0.2) is 5.01 Å². The summed E-state index contributed by atoms with van der Waals surface area (Å²) in [5.41, 5.74) is 2.24. The van der Waals surface area contributed by atoms with Crippen molar-refractivity contribution in [3.8, 4) is 11.5 Å². The number of furan rings is 2. The number of hydrogen-bond acceptors (Lipinski definition) is 7. The number of carbonyl (C=O) groups is 2. The smallest absolute Gasteiger partial charge is 0.291 e. The van der Waals surface area contributed by atoms with Crippen molar-refractivity contribution in [1.82, 2.24) is 5.01 Å². The van der Waals surface area contributed by atoms with Crippen LogP contribution in [0.2, 0.25) is 0 Å². The van der Waals surface area contributed by atoms with Crippen molar-refractivity contribution in [3.63, 3.8) is 0 Å². The van der Waals surface area contributed by atoms with E-state index in [0.29, 0.717) is 23.6 Å². The molecular formula is C27H23N3O6. The normalized spacial score (nSPS) is 14.9. The molecule has 2 amide bonds. The van der Waals surface area contributed by atoms with Crippen LogP contribution in [0.3, 0.4) is 0 Å². The molecule has 9 heteroatoms. The van der Waals surface area contributed by atoms with E-state index in [0.717, 1.165) is 17.0 Å². The van der Waals surface area contributed by atoms with Crippen LogP contribution in [-0.2, 0) is 4.79 Å². The first-order chi connectivity index (χ1) is 17.6. The van der Waals surface area contributed by atoms with Crippen molar-refractivity contribution in [1.29, 1.82) is 0 Å². The fourth-order valence-corrected chi connectivity index (χ4v) is 3.85. The summed E-state index contributed by atoms with van der Waals surface area (Å²) in [4.78, 5) is 25.2. The SMILES string of the molecule is COc1ccc(C2=NN(C(=O)COc3ccc(NC(=O)c4ccco4)cc3)C(c3ccco3)C2)cc1. The number of benzene rings is 2. The van der Waals surface area contributed by atoms with E-state index < -0.39 is 0 Å². The van der Waals surface area contributed by atoms with E-state index >= 15 is 0 Å². The number of nitrogens with zero attached hydrogens (tertiary/aromatic N) is 2. The van der Waals surface area contributed by atoms with Crippen LogP contribution in [0.25, 0.3) is 0 Å². The van der Waals surface area contributed by atoms with Crippen molar-refractivity contribution in [2.24, 2.45) is 5.10 Å². The van der Waals surface area contributed by atoms with Crippen LogP contribution in [0.4, 0.5) is 5.69 Å². The second kappa shape index (κ2) is 10.2. The third-order valence-electron chi connectivity index (χ3n) is 5.68. The van der Waals surface area contributed by atoms with Crippen molar-refractivity contribution in [2.75, 3.05) is 19.0 Å². The Morgan fingerprint density at radius 3 is 2.36 bits per heavy atom. The van der Waals surface area contributed by atoms with E-state index in [1.807, 2.05) is 30.3 Å². The fraction of sp³-hybridized carbons (Fsp3) is 0.148. The van der Waals surface area contributed by atoms with Crippen LogP contribution in [0, 0.1) is 0 Å².